The van der Waals surface area contributed by atoms with Gasteiger partial charge in [-0.05, 0) is 0 Å². The van der Waals surface area contributed by atoms with E-state index in [9.17, 15) is 4.79 Å². The van der Waals surface area contributed by atoms with Gasteiger partial charge in [-0.25, -0.2) is 0 Å². The molecule has 0 radical (unpaired) electrons. The van der Waals surface area contributed by atoms with Gasteiger partial charge in [0.15, 0.2) is 5.69 Å². The first-order valence-electron chi connectivity index (χ1n) is 5.89. The summed E-state index contributed by atoms with van der Waals surface area (Å²) in [5, 5.41) is 15.3. The van der Waals surface area contributed by atoms with Crippen molar-refractivity contribution in [2.45, 2.75) is 24.8 Å². The number of piperazine rings is 1. The highest BCUT2D eigenvalue weighted by Gasteiger charge is 2.37. The van der Waals surface area contributed by atoms with Crippen LogP contribution in [0.3, 0.4) is 0 Å². The molecule has 6 nitrogen and oxygen atoms in total. The fourth-order valence-corrected chi connectivity index (χ4v) is 2.53. The molecule has 2 rings (SSSR count). The Morgan fingerprint density at radius 3 is 2.53 bits per heavy atom. The summed E-state index contributed by atoms with van der Waals surface area (Å²) in [5.41, 5.74) is -0.997. The zero-order chi connectivity index (χ0) is 12.4. The fourth-order valence-electron chi connectivity index (χ4n) is 2.37. The largest absolute Gasteiger partial charge is 0.365 e. The number of carbonyl (C=O) groups excluding carboxylic acids is 1. The highest BCUT2D eigenvalue weighted by molar-refractivity contribution is 6.19. The average molecular weight is 263 g/mol. The fraction of sp³-hybridized carbons (Fsp3) is 0.900. The van der Waals surface area contributed by atoms with Crippen LogP contribution in [0.1, 0.15) is 6.92 Å². The number of carbonyl (C=O) groups is 1. The molecule has 3 N–H and O–H groups in total. The van der Waals surface area contributed by atoms with Gasteiger partial charge in [0.1, 0.15) is 0 Å². The Hall–Kier alpha value is -0.400. The van der Waals surface area contributed by atoms with Crippen LogP contribution >= 0.6 is 11.6 Å². The minimum atomic E-state index is -0.997. The second kappa shape index (κ2) is 5.49. The summed E-state index contributed by atoms with van der Waals surface area (Å²) in [5.74, 6) is 0.136. The van der Waals surface area contributed by atoms with E-state index in [1.54, 1.807) is 6.92 Å². The van der Waals surface area contributed by atoms with E-state index in [1.807, 2.05) is 4.90 Å². The molecule has 2 unspecified atom stereocenters. The van der Waals surface area contributed by atoms with E-state index in [0.717, 1.165) is 32.7 Å². The number of nitrogens with one attached hydrogen (secondary N) is 2. The number of aliphatic hydroxyl groups excluding tert-OH is 1. The van der Waals surface area contributed by atoms with Crippen LogP contribution in [0, 0.1) is 0 Å². The van der Waals surface area contributed by atoms with E-state index < -0.39 is 5.69 Å². The predicted molar refractivity (Wildman–Crippen MR) is 64.4 cm³/mol. The van der Waals surface area contributed by atoms with Crippen molar-refractivity contribution in [3.05, 3.63) is 0 Å². The normalized spacial score (nSPS) is 32.1. The molecule has 0 aliphatic carbocycles. The third-order valence-electron chi connectivity index (χ3n) is 3.43. The highest BCUT2D eigenvalue weighted by atomic mass is 35.5. The summed E-state index contributed by atoms with van der Waals surface area (Å²) in [6.45, 7) is 5.65. The van der Waals surface area contributed by atoms with E-state index in [0.29, 0.717) is 0 Å². The number of aliphatic hydroxyl groups is 1. The quantitative estimate of drug-likeness (QED) is 0.330. The first-order chi connectivity index (χ1) is 8.08. The Morgan fingerprint density at radius 2 is 2.12 bits per heavy atom. The molecule has 2 aliphatic heterocycles. The summed E-state index contributed by atoms with van der Waals surface area (Å²) in [7, 11) is 0. The van der Waals surface area contributed by atoms with Gasteiger partial charge < -0.3 is 10.0 Å². The van der Waals surface area contributed by atoms with Crippen LogP contribution in [-0.2, 0) is 4.79 Å². The van der Waals surface area contributed by atoms with Crippen molar-refractivity contribution in [1.82, 2.24) is 20.4 Å². The van der Waals surface area contributed by atoms with Gasteiger partial charge in [-0.15, -0.1) is 0 Å². The summed E-state index contributed by atoms with van der Waals surface area (Å²) < 4.78 is 0. The molecule has 2 fully saturated rings. The van der Waals surface area contributed by atoms with Crippen LogP contribution in [0.5, 0.6) is 0 Å². The Morgan fingerprint density at radius 1 is 1.47 bits per heavy atom. The van der Waals surface area contributed by atoms with Gasteiger partial charge in [0.05, 0.1) is 12.2 Å². The zero-order valence-corrected chi connectivity index (χ0v) is 10.7. The SMILES string of the molecule is CC(=O)N1CCN([C@@H]2NCC2NC(O)Cl)CC1. The topological polar surface area (TPSA) is 67.8 Å². The Labute approximate surface area is 106 Å². The molecule has 0 aromatic rings. The average Bonchev–Trinajstić information content (AvgIpc) is 2.25. The van der Waals surface area contributed by atoms with Crippen LogP contribution < -0.4 is 10.6 Å². The molecule has 1 amide bonds. The van der Waals surface area contributed by atoms with Crippen LogP contribution in [0.2, 0.25) is 0 Å². The van der Waals surface area contributed by atoms with E-state index in [-0.39, 0.29) is 18.1 Å². The van der Waals surface area contributed by atoms with Crippen LogP contribution in [0.15, 0.2) is 0 Å². The van der Waals surface area contributed by atoms with Gasteiger partial charge in [-0.3, -0.25) is 20.3 Å². The van der Waals surface area contributed by atoms with Crippen LogP contribution in [-0.4, -0.2) is 71.4 Å². The number of rotatable bonds is 3. The number of nitrogens with zero attached hydrogens (tertiary/aromatic N) is 2. The van der Waals surface area contributed by atoms with Gasteiger partial charge in [-0.1, -0.05) is 11.6 Å². The zero-order valence-electron chi connectivity index (χ0n) is 9.90. The van der Waals surface area contributed by atoms with Gasteiger partial charge in [0.2, 0.25) is 5.91 Å². The molecule has 2 saturated heterocycles. The first-order valence-corrected chi connectivity index (χ1v) is 6.32. The molecular formula is C10H19ClN4O2. The minimum absolute atomic E-state index is 0.136. The molecule has 0 aromatic heterocycles. The predicted octanol–water partition coefficient (Wildman–Crippen LogP) is -1.45. The molecule has 0 spiro atoms. The van der Waals surface area contributed by atoms with Gasteiger partial charge in [-0.2, -0.15) is 0 Å². The molecule has 0 saturated carbocycles. The van der Waals surface area contributed by atoms with Crippen molar-refractivity contribution >= 4 is 17.5 Å². The molecule has 0 bridgehead atoms. The van der Waals surface area contributed by atoms with Gasteiger partial charge in [0.25, 0.3) is 0 Å². The molecule has 0 aromatic carbocycles. The number of hydrogen-bond donors (Lipinski definition) is 3. The standard InChI is InChI=1S/C10H19ClN4O2/c1-7(16)14-2-4-15(5-3-14)9-8(6-12-9)13-10(11)17/h8-10,12-13,17H,2-6H2,1H3/t8?,9-,10?/m0/s1. The van der Waals surface area contributed by atoms with E-state index in [4.69, 9.17) is 16.7 Å². The van der Waals surface area contributed by atoms with E-state index in [1.165, 1.54) is 0 Å². The number of hydrogen-bond acceptors (Lipinski definition) is 5. The molecule has 98 valence electrons. The van der Waals surface area contributed by atoms with E-state index in [2.05, 4.69) is 15.5 Å². The van der Waals surface area contributed by atoms with Crippen LogP contribution in [0.25, 0.3) is 0 Å². The summed E-state index contributed by atoms with van der Waals surface area (Å²) in [6, 6.07) is 0.173. The third kappa shape index (κ3) is 3.08. The maximum absolute atomic E-state index is 11.2. The van der Waals surface area contributed by atoms with Crippen molar-refractivity contribution in [2.24, 2.45) is 0 Å². The van der Waals surface area contributed by atoms with Gasteiger partial charge >= 0.3 is 0 Å². The minimum Gasteiger partial charge on any atom is -0.365 e. The molecule has 17 heavy (non-hydrogen) atoms. The van der Waals surface area contributed by atoms with Crippen molar-refractivity contribution in [3.8, 4) is 0 Å². The van der Waals surface area contributed by atoms with Crippen LogP contribution in [0.4, 0.5) is 0 Å². The lowest BCUT2D eigenvalue weighted by molar-refractivity contribution is -0.131. The number of halogens is 1. The maximum atomic E-state index is 11.2. The van der Waals surface area contributed by atoms with Crippen molar-refractivity contribution < 1.29 is 9.90 Å². The summed E-state index contributed by atoms with van der Waals surface area (Å²) in [4.78, 5) is 15.3. The lowest BCUT2D eigenvalue weighted by Gasteiger charge is -2.48. The second-order valence-electron chi connectivity index (χ2n) is 4.50. The smallest absolute Gasteiger partial charge is 0.219 e. The number of alkyl halides is 1. The number of amides is 1. The van der Waals surface area contributed by atoms with Crippen molar-refractivity contribution in [1.29, 1.82) is 0 Å². The van der Waals surface area contributed by atoms with Crippen molar-refractivity contribution in [3.63, 3.8) is 0 Å². The highest BCUT2D eigenvalue weighted by Crippen LogP contribution is 2.14. The third-order valence-corrected chi connectivity index (χ3v) is 3.56. The van der Waals surface area contributed by atoms with Crippen molar-refractivity contribution in [2.75, 3.05) is 32.7 Å². The maximum Gasteiger partial charge on any atom is 0.219 e. The molecule has 2 aliphatic rings. The summed E-state index contributed by atoms with van der Waals surface area (Å²) in [6.07, 6.45) is 0.206. The molecule has 3 atom stereocenters. The second-order valence-corrected chi connectivity index (χ2v) is 4.92. The molecular weight excluding hydrogens is 244 g/mol. The molecule has 7 heteroatoms. The Kier molecular flexibility index (Phi) is 4.22. The molecule has 2 heterocycles. The Balaban J connectivity index is 1.79. The lowest BCUT2D eigenvalue weighted by Crippen LogP contribution is -2.73. The van der Waals surface area contributed by atoms with E-state index >= 15 is 0 Å². The summed E-state index contributed by atoms with van der Waals surface area (Å²) >= 11 is 5.50. The van der Waals surface area contributed by atoms with Gasteiger partial charge in [0, 0.05) is 39.6 Å². The lowest BCUT2D eigenvalue weighted by atomic mass is 10.1. The monoisotopic (exact) mass is 262 g/mol. The first kappa shape index (κ1) is 13.0. The Bertz CT molecular complexity index is 281.